The van der Waals surface area contributed by atoms with Crippen LogP contribution in [0.3, 0.4) is 0 Å². The van der Waals surface area contributed by atoms with Crippen molar-refractivity contribution in [2.24, 2.45) is 11.7 Å². The quantitative estimate of drug-likeness (QED) is 0.0689. The molecule has 0 amide bonds. The van der Waals surface area contributed by atoms with Gasteiger partial charge in [0, 0.05) is 72.1 Å². The fourth-order valence-corrected chi connectivity index (χ4v) is 9.00. The number of hydrogen-bond donors (Lipinski definition) is 3. The number of carbonyl (C=O) groups excluding carboxylic acids is 2. The number of ketones is 1. The van der Waals surface area contributed by atoms with Crippen molar-refractivity contribution in [1.82, 2.24) is 19.9 Å². The summed E-state index contributed by atoms with van der Waals surface area (Å²) in [7, 11) is 6.17. The zero-order chi connectivity index (χ0) is 49.8. The van der Waals surface area contributed by atoms with Crippen molar-refractivity contribution in [1.29, 1.82) is 0 Å². The van der Waals surface area contributed by atoms with Crippen LogP contribution in [0.4, 0.5) is 11.9 Å². The number of aromatic nitrogens is 4. The maximum absolute atomic E-state index is 11.9. The monoisotopic (exact) mass is 1040 g/mol. The molecule has 2 fully saturated rings. The first-order chi connectivity index (χ1) is 33.2. The molecule has 2 aliphatic heterocycles. The Hall–Kier alpha value is -5.49. The number of allylic oxidation sites excluding steroid dienone is 2. The summed E-state index contributed by atoms with van der Waals surface area (Å²) in [6, 6.07) is 14.7. The molecule has 8 rings (SSSR count). The van der Waals surface area contributed by atoms with E-state index < -0.39 is 5.24 Å². The van der Waals surface area contributed by atoms with Crippen LogP contribution in [0, 0.1) is 5.92 Å². The highest BCUT2D eigenvalue weighted by Crippen LogP contribution is 2.48. The van der Waals surface area contributed by atoms with Crippen molar-refractivity contribution in [2.45, 2.75) is 37.4 Å². The van der Waals surface area contributed by atoms with Gasteiger partial charge in [0.25, 0.3) is 0 Å². The third kappa shape index (κ3) is 13.0. The van der Waals surface area contributed by atoms with Gasteiger partial charge >= 0.3 is 0 Å². The number of nitrogens with zero attached hydrogens (tertiary/aromatic N) is 4. The second-order valence-corrected chi connectivity index (χ2v) is 17.4. The third-order valence-electron chi connectivity index (χ3n) is 11.3. The normalized spacial score (nSPS) is 17.5. The Balaban J connectivity index is 0.000000208. The number of anilines is 2. The summed E-state index contributed by atoms with van der Waals surface area (Å²) >= 11 is 30.9. The summed E-state index contributed by atoms with van der Waals surface area (Å²) in [4.78, 5) is 39.5. The molecule has 0 spiro atoms. The van der Waals surface area contributed by atoms with Gasteiger partial charge in [-0.25, -0.2) is 19.9 Å². The molecule has 2 saturated heterocycles. The molecule has 4 heterocycles. The van der Waals surface area contributed by atoms with E-state index in [0.717, 1.165) is 51.9 Å². The van der Waals surface area contributed by atoms with Gasteiger partial charge in [-0.3, -0.25) is 9.59 Å². The second kappa shape index (κ2) is 24.9. The maximum Gasteiger partial charge on any atom is 0.244 e. The standard InChI is InChI=1S/C25H25Cl2N3O4.C21H22Cl2N4O3.C3H3ClO/c1-4-17(31)10-14-7-8-34-13-19(14)30-25-28-12-16-9-15(5-6-18(16)29-25)22-23(26)20(32-2)11-21(33-3)24(22)27;1-28-16-8-17(29-2)20(23)18(19(16)22)11-3-4-14-12(7-11)9-25-21(26-14)27-15-10-30-6-5-13(15)24;1-2-3(4)5/h4-6,9,11-12,14,19H,1,7-8,10,13H2,2-3H3,(H,28,29,30);3-4,7-9,13,15H,5-6,10,24H2,1-2H3,(H,25,26,27);2H,1H2/t14-,19-;13-,15+;/m10./s1. The van der Waals surface area contributed by atoms with Crippen molar-refractivity contribution in [3.8, 4) is 45.3 Å². The number of nitrogens with two attached hydrogens (primary N) is 1. The van der Waals surface area contributed by atoms with Gasteiger partial charge in [-0.1, -0.05) is 71.7 Å². The summed E-state index contributed by atoms with van der Waals surface area (Å²) in [5.41, 5.74) is 10.5. The average molecular weight is 1040 g/mol. The number of carbonyl (C=O) groups is 2. The lowest BCUT2D eigenvalue weighted by Gasteiger charge is -2.31. The molecule has 0 unspecified atom stereocenters. The van der Waals surface area contributed by atoms with Gasteiger partial charge in [-0.05, 0) is 77.9 Å². The smallest absolute Gasteiger partial charge is 0.244 e. The largest absolute Gasteiger partial charge is 0.495 e. The Labute approximate surface area is 424 Å². The molecule has 0 saturated carbocycles. The highest BCUT2D eigenvalue weighted by atomic mass is 35.5. The van der Waals surface area contributed by atoms with Crippen molar-refractivity contribution < 1.29 is 38.0 Å². The van der Waals surface area contributed by atoms with E-state index in [-0.39, 0.29) is 29.8 Å². The Morgan fingerprint density at radius 2 is 1.10 bits per heavy atom. The summed E-state index contributed by atoms with van der Waals surface area (Å²) in [6.07, 6.45) is 7.92. The Morgan fingerprint density at radius 1 is 0.681 bits per heavy atom. The van der Waals surface area contributed by atoms with Crippen molar-refractivity contribution in [3.63, 3.8) is 0 Å². The van der Waals surface area contributed by atoms with Crippen LogP contribution in [-0.2, 0) is 19.1 Å². The molecule has 364 valence electrons. The number of rotatable bonds is 14. The van der Waals surface area contributed by atoms with Gasteiger partial charge in [-0.15, -0.1) is 0 Å². The summed E-state index contributed by atoms with van der Waals surface area (Å²) in [6.45, 7) is 8.99. The molecular formula is C49H50Cl5N7O8. The highest BCUT2D eigenvalue weighted by Gasteiger charge is 2.28. The number of benzene rings is 4. The average Bonchev–Trinajstić information content (AvgIpc) is 3.36. The molecule has 0 aliphatic carbocycles. The number of fused-ring (bicyclic) bond motifs is 2. The number of methoxy groups -OCH3 is 4. The van der Waals surface area contributed by atoms with Crippen LogP contribution in [0.2, 0.25) is 20.1 Å². The Kier molecular flexibility index (Phi) is 19.1. The Bertz CT molecular complexity index is 2780. The molecule has 0 radical (unpaired) electrons. The summed E-state index contributed by atoms with van der Waals surface area (Å²) < 4.78 is 32.6. The first-order valence-corrected chi connectivity index (χ1v) is 23.3. The van der Waals surface area contributed by atoms with E-state index in [1.807, 2.05) is 36.4 Å². The highest BCUT2D eigenvalue weighted by molar-refractivity contribution is 6.66. The van der Waals surface area contributed by atoms with E-state index in [1.54, 1.807) is 38.7 Å². The minimum Gasteiger partial charge on any atom is -0.495 e. The lowest BCUT2D eigenvalue weighted by Crippen LogP contribution is -2.47. The van der Waals surface area contributed by atoms with Crippen LogP contribution in [-0.4, -0.2) is 104 Å². The molecule has 4 aromatic carbocycles. The number of hydrogen-bond acceptors (Lipinski definition) is 15. The fraction of sp³-hybridized carbons (Fsp3) is 0.306. The third-order valence-corrected chi connectivity index (χ3v) is 12.9. The van der Waals surface area contributed by atoms with Crippen LogP contribution in [0.15, 0.2) is 86.2 Å². The van der Waals surface area contributed by atoms with Crippen LogP contribution < -0.4 is 35.3 Å². The molecule has 4 atom stereocenters. The van der Waals surface area contributed by atoms with E-state index in [4.69, 9.17) is 92.2 Å². The minimum atomic E-state index is -0.509. The first-order valence-electron chi connectivity index (χ1n) is 21.4. The number of halogens is 5. The van der Waals surface area contributed by atoms with Crippen molar-refractivity contribution in [3.05, 3.63) is 106 Å². The molecule has 2 aliphatic rings. The number of ether oxygens (including phenoxy) is 6. The maximum atomic E-state index is 11.9. The fourth-order valence-electron chi connectivity index (χ4n) is 7.56. The van der Waals surface area contributed by atoms with E-state index in [1.165, 1.54) is 20.3 Å². The zero-order valence-electron chi connectivity index (χ0n) is 38.1. The van der Waals surface area contributed by atoms with Crippen LogP contribution in [0.1, 0.15) is 19.3 Å². The van der Waals surface area contributed by atoms with E-state index in [9.17, 15) is 9.59 Å². The van der Waals surface area contributed by atoms with Gasteiger partial charge in [0.1, 0.15) is 23.0 Å². The molecular weight excluding hydrogens is 992 g/mol. The minimum absolute atomic E-state index is 0.00717. The van der Waals surface area contributed by atoms with Gasteiger partial charge in [0.2, 0.25) is 17.1 Å². The van der Waals surface area contributed by atoms with Gasteiger partial charge in [-0.2, -0.15) is 0 Å². The molecule has 15 nitrogen and oxygen atoms in total. The Morgan fingerprint density at radius 3 is 1.51 bits per heavy atom. The SMILES string of the molecule is C=CC(=O)C[C@H]1CCOC[C@H]1Nc1ncc2cc(-c3c(Cl)c(OC)cc(OC)c3Cl)ccc2n1.C=CC(=O)Cl.COc1cc(OC)c(Cl)c(-c2ccc3nc(N[C@@H]4COCC[C@@H]4N)ncc3c2)c1Cl. The predicted octanol–water partition coefficient (Wildman–Crippen LogP) is 10.7. The molecule has 4 N–H and O–H groups in total. The van der Waals surface area contributed by atoms with Crippen LogP contribution >= 0.6 is 58.0 Å². The lowest BCUT2D eigenvalue weighted by molar-refractivity contribution is -0.116. The van der Waals surface area contributed by atoms with Gasteiger partial charge in [0.05, 0.1) is 84.9 Å². The topological polar surface area (TPSA) is 191 Å². The summed E-state index contributed by atoms with van der Waals surface area (Å²) in [5, 5.41) is 9.36. The first kappa shape index (κ1) is 52.9. The lowest BCUT2D eigenvalue weighted by atomic mass is 9.90. The van der Waals surface area contributed by atoms with E-state index >= 15 is 0 Å². The van der Waals surface area contributed by atoms with Crippen LogP contribution in [0.5, 0.6) is 23.0 Å². The van der Waals surface area contributed by atoms with Crippen molar-refractivity contribution >= 4 is 103 Å². The zero-order valence-corrected chi connectivity index (χ0v) is 41.9. The second-order valence-electron chi connectivity index (χ2n) is 15.5. The van der Waals surface area contributed by atoms with Crippen LogP contribution in [0.25, 0.3) is 44.1 Å². The summed E-state index contributed by atoms with van der Waals surface area (Å²) in [5.74, 6) is 3.04. The molecule has 6 aromatic rings. The van der Waals surface area contributed by atoms with Gasteiger partial charge < -0.3 is 44.8 Å². The van der Waals surface area contributed by atoms with Crippen molar-refractivity contribution in [2.75, 3.05) is 65.5 Å². The molecule has 2 aromatic heterocycles. The van der Waals surface area contributed by atoms with E-state index in [0.29, 0.717) is 99.0 Å². The van der Waals surface area contributed by atoms with E-state index in [2.05, 4.69) is 43.7 Å². The van der Waals surface area contributed by atoms with Gasteiger partial charge in [0.15, 0.2) is 5.78 Å². The molecule has 69 heavy (non-hydrogen) atoms. The molecule has 0 bridgehead atoms. The predicted molar refractivity (Wildman–Crippen MR) is 274 cm³/mol. The number of nitrogens with one attached hydrogen (secondary N) is 2. The molecule has 20 heteroatoms.